The van der Waals surface area contributed by atoms with Gasteiger partial charge in [-0.15, -0.1) is 0 Å². The van der Waals surface area contributed by atoms with Crippen LogP contribution in [0.5, 0.6) is 0 Å². The topological polar surface area (TPSA) is 55.7 Å². The van der Waals surface area contributed by atoms with E-state index in [9.17, 15) is 14.0 Å². The molecule has 1 aromatic carbocycles. The van der Waals surface area contributed by atoms with E-state index in [2.05, 4.69) is 9.99 Å². The fourth-order valence-corrected chi connectivity index (χ4v) is 1.47. The van der Waals surface area contributed by atoms with E-state index < -0.39 is 23.5 Å². The smallest absolute Gasteiger partial charge is 0.317 e. The molecule has 1 unspecified atom stereocenters. The first-order valence-corrected chi connectivity index (χ1v) is 4.64. The van der Waals surface area contributed by atoms with E-state index in [-0.39, 0.29) is 5.56 Å². The Kier molecular flexibility index (Phi) is 2.52. The van der Waals surface area contributed by atoms with Crippen molar-refractivity contribution in [2.75, 3.05) is 0 Å². The number of oxime groups is 1. The summed E-state index contributed by atoms with van der Waals surface area (Å²) in [6.07, 6.45) is 0. The van der Waals surface area contributed by atoms with Crippen LogP contribution in [-0.2, 0) is 9.63 Å². The van der Waals surface area contributed by atoms with Gasteiger partial charge in [-0.1, -0.05) is 5.16 Å². The summed E-state index contributed by atoms with van der Waals surface area (Å²) >= 11 is 0. The number of benzene rings is 1. The Labute approximate surface area is 90.7 Å². The second-order valence-electron chi connectivity index (χ2n) is 3.45. The third kappa shape index (κ3) is 1.71. The Balaban J connectivity index is 2.29. The monoisotopic (exact) mass is 221 g/mol. The Hall–Kier alpha value is -2.04. The fourth-order valence-electron chi connectivity index (χ4n) is 1.47. The molecule has 4 nitrogen and oxygen atoms in total. The number of carbonyl (C=O) groups excluding carboxylic acids is 2. The normalized spacial score (nSPS) is 19.2. The van der Waals surface area contributed by atoms with Gasteiger partial charge in [0.15, 0.2) is 11.7 Å². The molecule has 1 aliphatic heterocycles. The molecule has 1 atom stereocenters. The molecule has 1 heterocycles. The van der Waals surface area contributed by atoms with Crippen molar-refractivity contribution in [1.29, 1.82) is 0 Å². The molecular formula is C11H8FNO3. The third-order valence-corrected chi connectivity index (χ3v) is 2.32. The summed E-state index contributed by atoms with van der Waals surface area (Å²) in [4.78, 5) is 27.5. The molecule has 0 bridgehead atoms. The van der Waals surface area contributed by atoms with Gasteiger partial charge in [0.25, 0.3) is 0 Å². The SMILES string of the molecule is CC1=NOC(=O)C1C(=O)c1ccc(F)cc1. The lowest BCUT2D eigenvalue weighted by atomic mass is 9.94. The number of carbonyl (C=O) groups is 2. The highest BCUT2D eigenvalue weighted by atomic mass is 19.1. The van der Waals surface area contributed by atoms with Crippen molar-refractivity contribution in [3.63, 3.8) is 0 Å². The lowest BCUT2D eigenvalue weighted by molar-refractivity contribution is -0.142. The minimum absolute atomic E-state index is 0.264. The highest BCUT2D eigenvalue weighted by Gasteiger charge is 2.36. The zero-order valence-corrected chi connectivity index (χ0v) is 8.44. The number of rotatable bonds is 2. The molecule has 2 rings (SSSR count). The highest BCUT2D eigenvalue weighted by Crippen LogP contribution is 2.18. The van der Waals surface area contributed by atoms with Gasteiger partial charge in [0, 0.05) is 5.56 Å². The molecule has 0 radical (unpaired) electrons. The van der Waals surface area contributed by atoms with Crippen LogP contribution in [0.15, 0.2) is 29.4 Å². The van der Waals surface area contributed by atoms with Crippen LogP contribution >= 0.6 is 0 Å². The fraction of sp³-hybridized carbons (Fsp3) is 0.182. The average molecular weight is 221 g/mol. The van der Waals surface area contributed by atoms with E-state index in [0.29, 0.717) is 5.71 Å². The van der Waals surface area contributed by atoms with Gasteiger partial charge in [-0.3, -0.25) is 4.79 Å². The van der Waals surface area contributed by atoms with Gasteiger partial charge in [0.05, 0.1) is 5.71 Å². The third-order valence-electron chi connectivity index (χ3n) is 2.32. The molecule has 16 heavy (non-hydrogen) atoms. The van der Waals surface area contributed by atoms with E-state index in [1.807, 2.05) is 0 Å². The maximum absolute atomic E-state index is 12.7. The van der Waals surface area contributed by atoms with Crippen LogP contribution < -0.4 is 0 Å². The van der Waals surface area contributed by atoms with Crippen molar-refractivity contribution in [3.05, 3.63) is 35.6 Å². The first kappa shape index (κ1) is 10.5. The number of hydrogen-bond acceptors (Lipinski definition) is 4. The largest absolute Gasteiger partial charge is 0.351 e. The van der Waals surface area contributed by atoms with E-state index in [4.69, 9.17) is 0 Å². The standard InChI is InChI=1S/C11H8FNO3/c1-6-9(11(15)16-13-6)10(14)7-2-4-8(12)5-3-7/h2-5,9H,1H3. The van der Waals surface area contributed by atoms with Crippen LogP contribution in [0.3, 0.4) is 0 Å². The summed E-state index contributed by atoms with van der Waals surface area (Å²) in [6, 6.07) is 4.99. The van der Waals surface area contributed by atoms with Crippen LogP contribution in [0, 0.1) is 11.7 Å². The predicted octanol–water partition coefficient (Wildman–Crippen LogP) is 1.56. The maximum Gasteiger partial charge on any atom is 0.351 e. The zero-order chi connectivity index (χ0) is 11.7. The van der Waals surface area contributed by atoms with E-state index in [0.717, 1.165) is 0 Å². The number of halogens is 1. The van der Waals surface area contributed by atoms with E-state index in [1.54, 1.807) is 0 Å². The molecule has 0 fully saturated rings. The van der Waals surface area contributed by atoms with Crippen LogP contribution in [0.4, 0.5) is 4.39 Å². The van der Waals surface area contributed by atoms with Crippen molar-refractivity contribution >= 4 is 17.5 Å². The molecule has 0 aromatic heterocycles. The van der Waals surface area contributed by atoms with Gasteiger partial charge in [0.1, 0.15) is 5.82 Å². The first-order chi connectivity index (χ1) is 7.59. The van der Waals surface area contributed by atoms with Gasteiger partial charge in [0.2, 0.25) is 0 Å². The number of hydrogen-bond donors (Lipinski definition) is 0. The van der Waals surface area contributed by atoms with Crippen molar-refractivity contribution < 1.29 is 18.8 Å². The highest BCUT2D eigenvalue weighted by molar-refractivity contribution is 6.24. The van der Waals surface area contributed by atoms with Crippen molar-refractivity contribution in [1.82, 2.24) is 0 Å². The second kappa shape index (κ2) is 3.84. The summed E-state index contributed by atoms with van der Waals surface area (Å²) in [6.45, 7) is 1.54. The van der Waals surface area contributed by atoms with E-state index in [1.165, 1.54) is 31.2 Å². The summed E-state index contributed by atoms with van der Waals surface area (Å²) in [5, 5.41) is 3.43. The summed E-state index contributed by atoms with van der Waals surface area (Å²) in [7, 11) is 0. The molecule has 0 N–H and O–H groups in total. The maximum atomic E-state index is 12.7. The molecule has 1 aromatic rings. The zero-order valence-electron chi connectivity index (χ0n) is 8.44. The molecule has 0 saturated carbocycles. The van der Waals surface area contributed by atoms with Crippen molar-refractivity contribution in [3.8, 4) is 0 Å². The Morgan fingerprint density at radius 3 is 2.50 bits per heavy atom. The van der Waals surface area contributed by atoms with Gasteiger partial charge in [-0.25, -0.2) is 9.18 Å². The molecule has 0 amide bonds. The number of Topliss-reactive ketones (excluding diaryl/α,β-unsaturated/α-hetero) is 1. The molecule has 5 heteroatoms. The van der Waals surface area contributed by atoms with Crippen LogP contribution in [-0.4, -0.2) is 17.5 Å². The number of ketones is 1. The number of nitrogens with zero attached hydrogens (tertiary/aromatic N) is 1. The van der Waals surface area contributed by atoms with Crippen molar-refractivity contribution in [2.45, 2.75) is 6.92 Å². The average Bonchev–Trinajstić information content (AvgIpc) is 2.59. The van der Waals surface area contributed by atoms with Crippen LogP contribution in [0.1, 0.15) is 17.3 Å². The predicted molar refractivity (Wildman–Crippen MR) is 53.4 cm³/mol. The summed E-state index contributed by atoms with van der Waals surface area (Å²) < 4.78 is 12.7. The minimum Gasteiger partial charge on any atom is -0.317 e. The van der Waals surface area contributed by atoms with Crippen LogP contribution in [0.25, 0.3) is 0 Å². The first-order valence-electron chi connectivity index (χ1n) is 4.64. The molecular weight excluding hydrogens is 213 g/mol. The Morgan fingerprint density at radius 2 is 2.00 bits per heavy atom. The Morgan fingerprint density at radius 1 is 1.38 bits per heavy atom. The van der Waals surface area contributed by atoms with Gasteiger partial charge in [-0.2, -0.15) is 0 Å². The summed E-state index contributed by atoms with van der Waals surface area (Å²) in [5.74, 6) is -2.54. The molecule has 0 aliphatic carbocycles. The lowest BCUT2D eigenvalue weighted by Crippen LogP contribution is -2.26. The van der Waals surface area contributed by atoms with Gasteiger partial charge < -0.3 is 4.84 Å². The van der Waals surface area contributed by atoms with Crippen molar-refractivity contribution in [2.24, 2.45) is 11.1 Å². The lowest BCUT2D eigenvalue weighted by Gasteiger charge is -2.04. The minimum atomic E-state index is -0.995. The molecule has 0 spiro atoms. The van der Waals surface area contributed by atoms with E-state index >= 15 is 0 Å². The quantitative estimate of drug-likeness (QED) is 0.432. The molecule has 82 valence electrons. The molecule has 0 saturated heterocycles. The second-order valence-corrected chi connectivity index (χ2v) is 3.45. The molecule has 1 aliphatic rings. The summed E-state index contributed by atoms with van der Waals surface area (Å²) in [5.41, 5.74) is 0.583. The Bertz CT molecular complexity index is 479. The van der Waals surface area contributed by atoms with Crippen LogP contribution in [0.2, 0.25) is 0 Å². The van der Waals surface area contributed by atoms with Gasteiger partial charge >= 0.3 is 5.97 Å². The van der Waals surface area contributed by atoms with Gasteiger partial charge in [-0.05, 0) is 31.2 Å².